The molecule has 8 heteroatoms. The lowest BCUT2D eigenvalue weighted by Crippen LogP contribution is -2.43. The molecule has 1 aliphatic heterocycles. The third-order valence-corrected chi connectivity index (χ3v) is 5.60. The molecular weight excluding hydrogens is 411 g/mol. The lowest BCUT2D eigenvalue weighted by atomic mass is 9.97. The molecule has 1 amide bonds. The van der Waals surface area contributed by atoms with Crippen molar-refractivity contribution in [3.05, 3.63) is 82.4 Å². The van der Waals surface area contributed by atoms with E-state index in [0.29, 0.717) is 24.6 Å². The van der Waals surface area contributed by atoms with Crippen LogP contribution in [0.3, 0.4) is 0 Å². The van der Waals surface area contributed by atoms with Crippen LogP contribution >= 0.6 is 0 Å². The van der Waals surface area contributed by atoms with Crippen LogP contribution in [0.15, 0.2) is 65.5 Å². The first-order valence-electron chi connectivity index (χ1n) is 10.6. The fourth-order valence-electron chi connectivity index (χ4n) is 3.94. The number of nitrogens with zero attached hydrogens (tertiary/aromatic N) is 3. The lowest BCUT2D eigenvalue weighted by molar-refractivity contribution is -0.125. The number of amides is 1. The van der Waals surface area contributed by atoms with Crippen molar-refractivity contribution in [2.45, 2.75) is 19.4 Å². The number of benzene rings is 2. The first-order chi connectivity index (χ1) is 15.5. The first kappa shape index (κ1) is 21.5. The van der Waals surface area contributed by atoms with Gasteiger partial charge in [0.1, 0.15) is 17.4 Å². The highest BCUT2D eigenvalue weighted by Crippen LogP contribution is 2.22. The minimum atomic E-state index is -0.439. The van der Waals surface area contributed by atoms with Crippen molar-refractivity contribution in [2.75, 3.05) is 25.1 Å². The summed E-state index contributed by atoms with van der Waals surface area (Å²) in [5, 5.41) is 7.44. The third-order valence-electron chi connectivity index (χ3n) is 5.60. The molecule has 0 aliphatic carbocycles. The van der Waals surface area contributed by atoms with Gasteiger partial charge in [-0.3, -0.25) is 9.59 Å². The van der Waals surface area contributed by atoms with Gasteiger partial charge >= 0.3 is 0 Å². The van der Waals surface area contributed by atoms with Gasteiger partial charge in [0, 0.05) is 31.3 Å². The number of rotatable bonds is 6. The Balaban J connectivity index is 1.46. The summed E-state index contributed by atoms with van der Waals surface area (Å²) >= 11 is 0. The van der Waals surface area contributed by atoms with Gasteiger partial charge in [0.25, 0.3) is 5.56 Å². The molecule has 1 fully saturated rings. The Morgan fingerprint density at radius 2 is 2.03 bits per heavy atom. The summed E-state index contributed by atoms with van der Waals surface area (Å²) in [4.78, 5) is 27.1. The zero-order valence-electron chi connectivity index (χ0n) is 17.8. The van der Waals surface area contributed by atoms with Crippen LogP contribution in [0.2, 0.25) is 0 Å². The molecule has 2 aromatic carbocycles. The number of carbonyl (C=O) groups excluding carboxylic acids is 1. The maximum Gasteiger partial charge on any atom is 0.271 e. The number of nitrogens with one attached hydrogen (secondary N) is 1. The molecule has 4 rings (SSSR count). The second-order valence-electron chi connectivity index (χ2n) is 7.74. The van der Waals surface area contributed by atoms with Crippen molar-refractivity contribution >= 4 is 11.7 Å². The second-order valence-corrected chi connectivity index (χ2v) is 7.74. The van der Waals surface area contributed by atoms with Crippen LogP contribution in [0.25, 0.3) is 5.69 Å². The summed E-state index contributed by atoms with van der Waals surface area (Å²) in [6, 6.07) is 16.4. The van der Waals surface area contributed by atoms with E-state index in [0.717, 1.165) is 30.7 Å². The summed E-state index contributed by atoms with van der Waals surface area (Å²) in [5.41, 5.74) is 0.933. The van der Waals surface area contributed by atoms with Gasteiger partial charge in [0.05, 0.1) is 18.7 Å². The van der Waals surface area contributed by atoms with Crippen LogP contribution < -0.4 is 20.5 Å². The SMILES string of the molecule is COc1ccccc1CNC(=O)C1CCCN(c2ccc(=O)n(-c3cccc(F)c3)n2)C1. The van der Waals surface area contributed by atoms with E-state index < -0.39 is 5.82 Å². The maximum atomic E-state index is 13.6. The number of carbonyl (C=O) groups is 1. The number of halogens is 1. The fourth-order valence-corrected chi connectivity index (χ4v) is 3.94. The zero-order valence-corrected chi connectivity index (χ0v) is 17.8. The van der Waals surface area contributed by atoms with E-state index >= 15 is 0 Å². The number of methoxy groups -OCH3 is 1. The molecule has 1 N–H and O–H groups in total. The fraction of sp³-hybridized carbons (Fsp3) is 0.292. The monoisotopic (exact) mass is 436 g/mol. The van der Waals surface area contributed by atoms with E-state index in [1.54, 1.807) is 19.2 Å². The van der Waals surface area contributed by atoms with E-state index in [4.69, 9.17) is 4.74 Å². The van der Waals surface area contributed by atoms with Crippen LogP contribution in [0.4, 0.5) is 10.2 Å². The first-order valence-corrected chi connectivity index (χ1v) is 10.6. The molecule has 0 radical (unpaired) electrons. The standard InChI is InChI=1S/C24H25FN4O3/c1-32-21-10-3-2-6-17(21)15-26-24(31)18-7-5-13-28(16-18)22-11-12-23(30)29(27-22)20-9-4-8-19(25)14-20/h2-4,6,8-12,14,18H,5,7,13,15-16H2,1H3,(H,26,31). The highest BCUT2D eigenvalue weighted by Gasteiger charge is 2.27. The van der Waals surface area contributed by atoms with E-state index in [1.165, 1.54) is 28.9 Å². The summed E-state index contributed by atoms with van der Waals surface area (Å²) < 4.78 is 20.1. The molecule has 1 saturated heterocycles. The lowest BCUT2D eigenvalue weighted by Gasteiger charge is -2.33. The molecule has 0 bridgehead atoms. The number of hydrogen-bond acceptors (Lipinski definition) is 5. The Morgan fingerprint density at radius 3 is 2.84 bits per heavy atom. The molecule has 2 heterocycles. The van der Waals surface area contributed by atoms with Gasteiger partial charge in [0.15, 0.2) is 0 Å². The Kier molecular flexibility index (Phi) is 6.49. The van der Waals surface area contributed by atoms with E-state index in [2.05, 4.69) is 10.4 Å². The molecule has 0 spiro atoms. The van der Waals surface area contributed by atoms with Gasteiger partial charge < -0.3 is 15.0 Å². The van der Waals surface area contributed by atoms with Crippen LogP contribution in [0, 0.1) is 11.7 Å². The smallest absolute Gasteiger partial charge is 0.271 e. The van der Waals surface area contributed by atoms with Gasteiger partial charge in [-0.25, -0.2) is 4.39 Å². The number of ether oxygens (including phenoxy) is 1. The molecule has 1 aliphatic rings. The van der Waals surface area contributed by atoms with Crippen molar-refractivity contribution in [3.8, 4) is 11.4 Å². The molecule has 7 nitrogen and oxygen atoms in total. The van der Waals surface area contributed by atoms with Gasteiger partial charge in [-0.15, -0.1) is 5.10 Å². The topological polar surface area (TPSA) is 76.5 Å². The van der Waals surface area contributed by atoms with E-state index in [-0.39, 0.29) is 17.4 Å². The number of piperidine rings is 1. The molecule has 1 unspecified atom stereocenters. The second kappa shape index (κ2) is 9.64. The minimum absolute atomic E-state index is 0.0286. The molecule has 32 heavy (non-hydrogen) atoms. The maximum absolute atomic E-state index is 13.6. The number of anilines is 1. The molecule has 3 aromatic rings. The van der Waals surface area contributed by atoms with E-state index in [9.17, 15) is 14.0 Å². The summed E-state index contributed by atoms with van der Waals surface area (Å²) in [5.74, 6) is 0.651. The zero-order chi connectivity index (χ0) is 22.5. The summed E-state index contributed by atoms with van der Waals surface area (Å²) in [7, 11) is 1.61. The largest absolute Gasteiger partial charge is 0.496 e. The number of hydrogen-bond donors (Lipinski definition) is 1. The van der Waals surface area contributed by atoms with Crippen LogP contribution in [-0.2, 0) is 11.3 Å². The van der Waals surface area contributed by atoms with Crippen LogP contribution in [-0.4, -0.2) is 35.9 Å². The molecule has 0 saturated carbocycles. The van der Waals surface area contributed by atoms with E-state index in [1.807, 2.05) is 29.2 Å². The summed E-state index contributed by atoms with van der Waals surface area (Å²) in [6.45, 7) is 1.61. The minimum Gasteiger partial charge on any atom is -0.496 e. The van der Waals surface area contributed by atoms with Crippen molar-refractivity contribution in [3.63, 3.8) is 0 Å². The Labute approximate surface area is 185 Å². The normalized spacial score (nSPS) is 15.9. The average Bonchev–Trinajstić information content (AvgIpc) is 2.83. The van der Waals surface area contributed by atoms with Crippen molar-refractivity contribution in [1.82, 2.24) is 15.1 Å². The predicted molar refractivity (Wildman–Crippen MR) is 120 cm³/mol. The number of aromatic nitrogens is 2. The molecular formula is C24H25FN4O3. The Morgan fingerprint density at radius 1 is 1.19 bits per heavy atom. The Hall–Kier alpha value is -3.68. The Bertz CT molecular complexity index is 1160. The third kappa shape index (κ3) is 4.80. The highest BCUT2D eigenvalue weighted by atomic mass is 19.1. The summed E-state index contributed by atoms with van der Waals surface area (Å²) in [6.07, 6.45) is 1.60. The van der Waals surface area contributed by atoms with Gasteiger partial charge in [-0.1, -0.05) is 24.3 Å². The quantitative estimate of drug-likeness (QED) is 0.643. The van der Waals surface area contributed by atoms with Crippen LogP contribution in [0.5, 0.6) is 5.75 Å². The van der Waals surface area contributed by atoms with Gasteiger partial charge in [-0.2, -0.15) is 4.68 Å². The van der Waals surface area contributed by atoms with Crippen LogP contribution in [0.1, 0.15) is 18.4 Å². The average molecular weight is 436 g/mol. The van der Waals surface area contributed by atoms with Crippen molar-refractivity contribution in [1.29, 1.82) is 0 Å². The molecule has 1 aromatic heterocycles. The van der Waals surface area contributed by atoms with Gasteiger partial charge in [-0.05, 0) is 43.2 Å². The highest BCUT2D eigenvalue weighted by molar-refractivity contribution is 5.79. The van der Waals surface area contributed by atoms with Crippen molar-refractivity contribution in [2.24, 2.45) is 5.92 Å². The number of para-hydroxylation sites is 1. The van der Waals surface area contributed by atoms with Gasteiger partial charge in [0.2, 0.25) is 5.91 Å². The predicted octanol–water partition coefficient (Wildman–Crippen LogP) is 2.91. The molecule has 166 valence electrons. The molecule has 1 atom stereocenters. The van der Waals surface area contributed by atoms with Crippen molar-refractivity contribution < 1.29 is 13.9 Å².